The molecule has 3 atom stereocenters. The van der Waals surface area contributed by atoms with Gasteiger partial charge in [-0.1, -0.05) is 19.4 Å². The van der Waals surface area contributed by atoms with Gasteiger partial charge < -0.3 is 24.6 Å². The van der Waals surface area contributed by atoms with Crippen LogP contribution in [0.4, 0.5) is 0 Å². The molecule has 0 aromatic carbocycles. The Bertz CT molecular complexity index is 582. The molecule has 0 aliphatic carbocycles. The van der Waals surface area contributed by atoms with Crippen LogP contribution in [0.2, 0.25) is 0 Å². The van der Waals surface area contributed by atoms with E-state index in [9.17, 15) is 20.1 Å². The first-order valence-electron chi connectivity index (χ1n) is 8.64. The van der Waals surface area contributed by atoms with E-state index in [2.05, 4.69) is 9.72 Å². The molecule has 3 N–H and O–H groups in total. The van der Waals surface area contributed by atoms with E-state index in [0.717, 1.165) is 12.2 Å². The van der Waals surface area contributed by atoms with Gasteiger partial charge in [-0.3, -0.25) is 4.79 Å². The van der Waals surface area contributed by atoms with E-state index < -0.39 is 18.3 Å². The fraction of sp³-hybridized carbons (Fsp3) is 0.667. The van der Waals surface area contributed by atoms with Gasteiger partial charge in [-0.05, 0) is 32.3 Å². The first-order chi connectivity index (χ1) is 11.8. The molecule has 1 aromatic rings. The minimum absolute atomic E-state index is 0.205. The van der Waals surface area contributed by atoms with Gasteiger partial charge >= 0.3 is 5.97 Å². The lowest BCUT2D eigenvalue weighted by Gasteiger charge is -2.14. The van der Waals surface area contributed by atoms with Crippen LogP contribution in [0.5, 0.6) is 0 Å². The zero-order valence-electron chi connectivity index (χ0n) is 15.5. The molecule has 7 heteroatoms. The number of imidazole rings is 1. The summed E-state index contributed by atoms with van der Waals surface area (Å²) in [7, 11) is 3.15. The number of aryl methyl sites for hydroxylation is 1. The molecule has 0 spiro atoms. The maximum absolute atomic E-state index is 11.0. The van der Waals surface area contributed by atoms with E-state index in [4.69, 9.17) is 0 Å². The molecule has 1 rings (SSSR count). The molecule has 0 aliphatic heterocycles. The Hall–Kier alpha value is -1.70. The topological polar surface area (TPSA) is 105 Å². The van der Waals surface area contributed by atoms with Crippen LogP contribution in [0.1, 0.15) is 62.3 Å². The SMILES string of the molecule is CCC[C@H](O)c1c(/C=C/[C@@H](O)[C@@H](O)CCCC(=O)OC)nc(C)n1C. The molecule has 25 heavy (non-hydrogen) atoms. The van der Waals surface area contributed by atoms with E-state index >= 15 is 0 Å². The highest BCUT2D eigenvalue weighted by Gasteiger charge is 2.19. The van der Waals surface area contributed by atoms with Gasteiger partial charge in [-0.25, -0.2) is 4.98 Å². The number of rotatable bonds is 10. The van der Waals surface area contributed by atoms with Gasteiger partial charge in [0.25, 0.3) is 0 Å². The quantitative estimate of drug-likeness (QED) is 0.552. The third-order valence-corrected chi connectivity index (χ3v) is 4.22. The zero-order valence-corrected chi connectivity index (χ0v) is 15.5. The molecule has 0 unspecified atom stereocenters. The average Bonchev–Trinajstić information content (AvgIpc) is 2.86. The first kappa shape index (κ1) is 21.3. The van der Waals surface area contributed by atoms with Crippen molar-refractivity contribution in [1.82, 2.24) is 9.55 Å². The molecule has 0 saturated carbocycles. The third-order valence-electron chi connectivity index (χ3n) is 4.22. The Balaban J connectivity index is 2.73. The van der Waals surface area contributed by atoms with Crippen LogP contribution in [0, 0.1) is 6.92 Å². The summed E-state index contributed by atoms with van der Waals surface area (Å²) in [6.07, 6.45) is 2.80. The van der Waals surface area contributed by atoms with E-state index in [1.807, 2.05) is 25.5 Å². The summed E-state index contributed by atoms with van der Waals surface area (Å²) in [6.45, 7) is 3.84. The fourth-order valence-electron chi connectivity index (χ4n) is 2.63. The highest BCUT2D eigenvalue weighted by Crippen LogP contribution is 2.24. The summed E-state index contributed by atoms with van der Waals surface area (Å²) < 4.78 is 6.37. The molecule has 0 radical (unpaired) electrons. The van der Waals surface area contributed by atoms with Crippen LogP contribution < -0.4 is 0 Å². The van der Waals surface area contributed by atoms with Crippen LogP contribution in [0.15, 0.2) is 6.08 Å². The number of hydrogen-bond donors (Lipinski definition) is 3. The maximum Gasteiger partial charge on any atom is 0.305 e. The van der Waals surface area contributed by atoms with Crippen LogP contribution in [0.25, 0.3) is 6.08 Å². The van der Waals surface area contributed by atoms with Crippen molar-refractivity contribution in [2.24, 2.45) is 7.05 Å². The number of nitrogens with zero attached hydrogens (tertiary/aromatic N) is 2. The Morgan fingerprint density at radius 2 is 2.00 bits per heavy atom. The normalized spacial score (nSPS) is 15.3. The molecule has 0 saturated heterocycles. The van der Waals surface area contributed by atoms with Crippen LogP contribution >= 0.6 is 0 Å². The zero-order chi connectivity index (χ0) is 19.0. The number of carbonyl (C=O) groups is 1. The number of hydrogen-bond acceptors (Lipinski definition) is 6. The highest BCUT2D eigenvalue weighted by molar-refractivity contribution is 5.69. The molecule has 7 nitrogen and oxygen atoms in total. The predicted molar refractivity (Wildman–Crippen MR) is 94.7 cm³/mol. The van der Waals surface area contributed by atoms with Crippen LogP contribution in [-0.2, 0) is 16.6 Å². The minimum atomic E-state index is -1.07. The fourth-order valence-corrected chi connectivity index (χ4v) is 2.63. The summed E-state index contributed by atoms with van der Waals surface area (Å²) in [5.41, 5.74) is 1.28. The van der Waals surface area contributed by atoms with Gasteiger partial charge in [0, 0.05) is 13.5 Å². The molecule has 0 aliphatic rings. The van der Waals surface area contributed by atoms with Crippen LogP contribution in [-0.4, -0.2) is 50.2 Å². The van der Waals surface area contributed by atoms with Crippen molar-refractivity contribution in [2.75, 3.05) is 7.11 Å². The van der Waals surface area contributed by atoms with Crippen molar-refractivity contribution >= 4 is 12.0 Å². The van der Waals surface area contributed by atoms with E-state index in [1.54, 1.807) is 6.08 Å². The first-order valence-corrected chi connectivity index (χ1v) is 8.64. The Kier molecular flexibility index (Phi) is 8.82. The lowest BCUT2D eigenvalue weighted by atomic mass is 10.1. The summed E-state index contributed by atoms with van der Waals surface area (Å²) in [5.74, 6) is 0.425. The Morgan fingerprint density at radius 1 is 1.32 bits per heavy atom. The highest BCUT2D eigenvalue weighted by atomic mass is 16.5. The second-order valence-corrected chi connectivity index (χ2v) is 6.18. The van der Waals surface area contributed by atoms with Gasteiger partial charge in [0.1, 0.15) is 5.82 Å². The minimum Gasteiger partial charge on any atom is -0.469 e. The molecule has 0 amide bonds. The predicted octanol–water partition coefficient (Wildman–Crippen LogP) is 1.64. The molecule has 0 fully saturated rings. The summed E-state index contributed by atoms with van der Waals surface area (Å²) in [5, 5.41) is 30.3. The van der Waals surface area contributed by atoms with E-state index in [0.29, 0.717) is 24.2 Å². The van der Waals surface area contributed by atoms with Gasteiger partial charge in [0.05, 0.1) is 36.8 Å². The second kappa shape index (κ2) is 10.3. The molecule has 1 heterocycles. The van der Waals surface area contributed by atoms with Gasteiger partial charge in [-0.2, -0.15) is 0 Å². The van der Waals surface area contributed by atoms with E-state index in [-0.39, 0.29) is 18.8 Å². The average molecular weight is 354 g/mol. The molecule has 142 valence electrons. The third kappa shape index (κ3) is 6.26. The largest absolute Gasteiger partial charge is 0.469 e. The van der Waals surface area contributed by atoms with Crippen LogP contribution in [0.3, 0.4) is 0 Å². The Labute approximate surface area is 149 Å². The molecular weight excluding hydrogens is 324 g/mol. The van der Waals surface area contributed by atoms with Crippen molar-refractivity contribution in [2.45, 2.75) is 64.3 Å². The van der Waals surface area contributed by atoms with Crippen molar-refractivity contribution < 1.29 is 24.9 Å². The van der Waals surface area contributed by atoms with E-state index in [1.165, 1.54) is 13.2 Å². The summed E-state index contributed by atoms with van der Waals surface area (Å²) in [4.78, 5) is 15.5. The Morgan fingerprint density at radius 3 is 2.60 bits per heavy atom. The smallest absolute Gasteiger partial charge is 0.305 e. The number of esters is 1. The van der Waals surface area contributed by atoms with Gasteiger partial charge in [0.2, 0.25) is 0 Å². The lowest BCUT2D eigenvalue weighted by Crippen LogP contribution is -2.23. The van der Waals surface area contributed by atoms with Crippen molar-refractivity contribution in [1.29, 1.82) is 0 Å². The molecule has 0 bridgehead atoms. The number of aromatic nitrogens is 2. The van der Waals surface area contributed by atoms with Crippen molar-refractivity contribution in [3.8, 4) is 0 Å². The lowest BCUT2D eigenvalue weighted by molar-refractivity contribution is -0.140. The van der Waals surface area contributed by atoms with Crippen molar-refractivity contribution in [3.05, 3.63) is 23.3 Å². The summed E-state index contributed by atoms with van der Waals surface area (Å²) >= 11 is 0. The number of carbonyl (C=O) groups excluding carboxylic acids is 1. The number of ether oxygens (including phenoxy) is 1. The number of aliphatic hydroxyl groups is 3. The standard InChI is InChI=1S/C18H30N2O5/c1-5-7-16(23)18-13(19-12(2)20(18)3)10-11-15(22)14(21)8-6-9-17(24)25-4/h10-11,14-16,21-23H,5-9H2,1-4H3/b11-10+/t14-,15+,16-/m0/s1. The van der Waals surface area contributed by atoms with Gasteiger partial charge in [0.15, 0.2) is 0 Å². The summed E-state index contributed by atoms with van der Waals surface area (Å²) in [6, 6.07) is 0. The number of methoxy groups -OCH3 is 1. The number of aliphatic hydroxyl groups excluding tert-OH is 3. The monoisotopic (exact) mass is 354 g/mol. The molecular formula is C18H30N2O5. The van der Waals surface area contributed by atoms with Crippen molar-refractivity contribution in [3.63, 3.8) is 0 Å². The second-order valence-electron chi connectivity index (χ2n) is 6.18. The molecule has 1 aromatic heterocycles. The van der Waals surface area contributed by atoms with Gasteiger partial charge in [-0.15, -0.1) is 0 Å². The maximum atomic E-state index is 11.0.